The molecule has 0 fully saturated rings. The van der Waals surface area contributed by atoms with Crippen LogP contribution in [0.25, 0.3) is 10.4 Å². The SMILES string of the molecule is [N-]=[N+]=NC(=O)c1ccnnc1. The van der Waals surface area contributed by atoms with E-state index in [0.29, 0.717) is 0 Å². The molecule has 1 heterocycles. The van der Waals surface area contributed by atoms with E-state index >= 15 is 0 Å². The summed E-state index contributed by atoms with van der Waals surface area (Å²) in [5.41, 5.74) is 8.13. The van der Waals surface area contributed by atoms with Crippen LogP contribution in [0.15, 0.2) is 23.6 Å². The fraction of sp³-hybridized carbons (Fsp3) is 0. The smallest absolute Gasteiger partial charge is 0.250 e. The second kappa shape index (κ2) is 3.28. The molecule has 0 bridgehead atoms. The lowest BCUT2D eigenvalue weighted by atomic mass is 10.3. The van der Waals surface area contributed by atoms with E-state index in [1.54, 1.807) is 0 Å². The van der Waals surface area contributed by atoms with Gasteiger partial charge in [-0.3, -0.25) is 4.79 Å². The van der Waals surface area contributed by atoms with E-state index in [9.17, 15) is 4.79 Å². The maximum Gasteiger partial charge on any atom is 0.250 e. The van der Waals surface area contributed by atoms with E-state index in [1.807, 2.05) is 0 Å². The number of aromatic nitrogens is 2. The molecule has 0 aliphatic rings. The molecule has 0 saturated carbocycles. The van der Waals surface area contributed by atoms with Crippen molar-refractivity contribution in [1.82, 2.24) is 10.2 Å². The second-order valence-corrected chi connectivity index (χ2v) is 1.63. The molecule has 0 spiro atoms. The third-order valence-corrected chi connectivity index (χ3v) is 0.967. The van der Waals surface area contributed by atoms with Gasteiger partial charge in [-0.25, -0.2) is 0 Å². The van der Waals surface area contributed by atoms with Gasteiger partial charge in [-0.05, 0) is 16.7 Å². The van der Waals surface area contributed by atoms with Gasteiger partial charge < -0.3 is 0 Å². The normalized spacial score (nSPS) is 8.36. The largest absolute Gasteiger partial charge is 0.287 e. The summed E-state index contributed by atoms with van der Waals surface area (Å²) in [5, 5.41) is 9.75. The first-order valence-corrected chi connectivity index (χ1v) is 2.70. The van der Waals surface area contributed by atoms with Gasteiger partial charge in [0.2, 0.25) is 0 Å². The van der Waals surface area contributed by atoms with Crippen LogP contribution in [0.5, 0.6) is 0 Å². The van der Waals surface area contributed by atoms with Gasteiger partial charge in [-0.2, -0.15) is 10.2 Å². The van der Waals surface area contributed by atoms with Gasteiger partial charge in [0.1, 0.15) is 0 Å². The predicted octanol–water partition coefficient (Wildman–Crippen LogP) is 0.927. The van der Waals surface area contributed by atoms with Crippen molar-refractivity contribution in [3.63, 3.8) is 0 Å². The van der Waals surface area contributed by atoms with Gasteiger partial charge in [0, 0.05) is 10.5 Å². The van der Waals surface area contributed by atoms with Crippen molar-refractivity contribution >= 4 is 5.91 Å². The summed E-state index contributed by atoms with van der Waals surface area (Å²) in [6.45, 7) is 0. The molecule has 54 valence electrons. The van der Waals surface area contributed by atoms with Gasteiger partial charge in [0.05, 0.1) is 12.4 Å². The summed E-state index contributed by atoms with van der Waals surface area (Å²) in [6, 6.07) is 1.42. The van der Waals surface area contributed by atoms with Crippen LogP contribution >= 0.6 is 0 Å². The number of rotatable bonds is 1. The van der Waals surface area contributed by atoms with Gasteiger partial charge in [-0.1, -0.05) is 0 Å². The first kappa shape index (κ1) is 7.17. The third kappa shape index (κ3) is 1.74. The van der Waals surface area contributed by atoms with E-state index in [0.717, 1.165) is 0 Å². The molecule has 0 saturated heterocycles. The van der Waals surface area contributed by atoms with Crippen LogP contribution in [0.1, 0.15) is 10.4 Å². The Morgan fingerprint density at radius 2 is 2.45 bits per heavy atom. The monoisotopic (exact) mass is 149 g/mol. The zero-order valence-electron chi connectivity index (χ0n) is 5.38. The molecule has 0 unspecified atom stereocenters. The second-order valence-electron chi connectivity index (χ2n) is 1.63. The quantitative estimate of drug-likeness (QED) is 0.337. The highest BCUT2D eigenvalue weighted by Gasteiger charge is 2.00. The average Bonchev–Trinajstić information content (AvgIpc) is 2.07. The first-order chi connectivity index (χ1) is 5.34. The standard InChI is InChI=1S/C5H3N5O/c6-10-9-5(11)4-1-2-7-8-3-4/h1-3H. The molecule has 1 aromatic heterocycles. The zero-order valence-corrected chi connectivity index (χ0v) is 5.38. The van der Waals surface area contributed by atoms with Crippen molar-refractivity contribution in [2.45, 2.75) is 0 Å². The molecule has 0 aliphatic carbocycles. The molecule has 11 heavy (non-hydrogen) atoms. The van der Waals surface area contributed by atoms with Crippen molar-refractivity contribution in [3.05, 3.63) is 34.5 Å². The minimum Gasteiger partial charge on any atom is -0.287 e. The number of carbonyl (C=O) groups excluding carboxylic acids is 1. The van der Waals surface area contributed by atoms with Gasteiger partial charge in [0.25, 0.3) is 5.91 Å². The van der Waals surface area contributed by atoms with Crippen LogP contribution in [0.2, 0.25) is 0 Å². The van der Waals surface area contributed by atoms with Crippen LogP contribution in [-0.2, 0) is 0 Å². The summed E-state index contributed by atoms with van der Waals surface area (Å²) in [6.07, 6.45) is 2.58. The van der Waals surface area contributed by atoms with Crippen molar-refractivity contribution in [1.29, 1.82) is 0 Å². The number of hydrogen-bond acceptors (Lipinski definition) is 3. The molecule has 0 atom stereocenters. The molecular formula is C5H3N5O. The van der Waals surface area contributed by atoms with E-state index in [2.05, 4.69) is 20.2 Å². The summed E-state index contributed by atoms with van der Waals surface area (Å²) in [5.74, 6) is -0.651. The lowest BCUT2D eigenvalue weighted by Gasteiger charge is -1.88. The Morgan fingerprint density at radius 3 is 3.00 bits per heavy atom. The molecule has 0 radical (unpaired) electrons. The van der Waals surface area contributed by atoms with Crippen molar-refractivity contribution in [2.75, 3.05) is 0 Å². The fourth-order valence-electron chi connectivity index (χ4n) is 0.516. The maximum absolute atomic E-state index is 10.8. The fourth-order valence-corrected chi connectivity index (χ4v) is 0.516. The number of hydrogen-bond donors (Lipinski definition) is 0. The Kier molecular flexibility index (Phi) is 2.14. The number of carbonyl (C=O) groups is 1. The Labute approximate surface area is 61.5 Å². The van der Waals surface area contributed by atoms with Gasteiger partial charge >= 0.3 is 0 Å². The highest BCUT2D eigenvalue weighted by Crippen LogP contribution is 1.96. The average molecular weight is 149 g/mol. The summed E-state index contributed by atoms with van der Waals surface area (Å²) in [7, 11) is 0. The van der Waals surface area contributed by atoms with Gasteiger partial charge in [-0.15, -0.1) is 0 Å². The van der Waals surface area contributed by atoms with E-state index in [4.69, 9.17) is 5.53 Å². The summed E-state index contributed by atoms with van der Waals surface area (Å²) < 4.78 is 0. The van der Waals surface area contributed by atoms with Crippen LogP contribution in [0.3, 0.4) is 0 Å². The predicted molar refractivity (Wildman–Crippen MR) is 35.5 cm³/mol. The van der Waals surface area contributed by atoms with Crippen LogP contribution < -0.4 is 0 Å². The maximum atomic E-state index is 10.8. The van der Waals surface area contributed by atoms with E-state index < -0.39 is 5.91 Å². The molecule has 0 aliphatic heterocycles. The lowest BCUT2D eigenvalue weighted by Crippen LogP contribution is -1.94. The van der Waals surface area contributed by atoms with Crippen molar-refractivity contribution in [2.24, 2.45) is 5.11 Å². The Morgan fingerprint density at radius 1 is 1.64 bits per heavy atom. The highest BCUT2D eigenvalue weighted by molar-refractivity contribution is 5.94. The number of azide groups is 1. The third-order valence-electron chi connectivity index (χ3n) is 0.967. The van der Waals surface area contributed by atoms with Crippen LogP contribution in [0.4, 0.5) is 0 Å². The van der Waals surface area contributed by atoms with Crippen LogP contribution in [0, 0.1) is 0 Å². The Balaban J connectivity index is 2.94. The zero-order chi connectivity index (χ0) is 8.10. The van der Waals surface area contributed by atoms with Crippen molar-refractivity contribution < 1.29 is 4.79 Å². The first-order valence-electron chi connectivity index (χ1n) is 2.70. The molecule has 1 aromatic rings. The molecule has 6 heteroatoms. The summed E-state index contributed by atoms with van der Waals surface area (Å²) in [4.78, 5) is 13.1. The number of amides is 1. The van der Waals surface area contributed by atoms with E-state index in [1.165, 1.54) is 18.5 Å². The lowest BCUT2D eigenvalue weighted by molar-refractivity contribution is 0.1000. The minimum absolute atomic E-state index is 0.234. The minimum atomic E-state index is -0.651. The molecule has 0 N–H and O–H groups in total. The highest BCUT2D eigenvalue weighted by atomic mass is 16.1. The molecule has 0 aromatic carbocycles. The molecular weight excluding hydrogens is 146 g/mol. The Hall–Kier alpha value is -1.94. The number of nitrogens with zero attached hydrogens (tertiary/aromatic N) is 5. The van der Waals surface area contributed by atoms with Crippen molar-refractivity contribution in [3.8, 4) is 0 Å². The molecule has 1 rings (SSSR count). The Bertz CT molecular complexity index is 302. The molecule has 1 amide bonds. The van der Waals surface area contributed by atoms with Gasteiger partial charge in [0.15, 0.2) is 0 Å². The topological polar surface area (TPSA) is 91.6 Å². The summed E-state index contributed by atoms with van der Waals surface area (Å²) >= 11 is 0. The van der Waals surface area contributed by atoms with Crippen LogP contribution in [-0.4, -0.2) is 16.1 Å². The van der Waals surface area contributed by atoms with E-state index in [-0.39, 0.29) is 5.56 Å². The molecule has 6 nitrogen and oxygen atoms in total.